The SMILES string of the molecule is CCN(C)C(=O)C(CC(C)C)NC(=O)c1ccccc1C. The Kier molecular flexibility index (Phi) is 6.40. The van der Waals surface area contributed by atoms with Crippen LogP contribution in [0.2, 0.25) is 0 Å². The van der Waals surface area contributed by atoms with Crippen molar-refractivity contribution in [2.75, 3.05) is 13.6 Å². The summed E-state index contributed by atoms with van der Waals surface area (Å²) in [6, 6.07) is 6.94. The van der Waals surface area contributed by atoms with E-state index in [-0.39, 0.29) is 11.8 Å². The summed E-state index contributed by atoms with van der Waals surface area (Å²) in [4.78, 5) is 26.4. The molecule has 1 N–H and O–H groups in total. The number of nitrogens with one attached hydrogen (secondary N) is 1. The van der Waals surface area contributed by atoms with Crippen molar-refractivity contribution in [2.24, 2.45) is 5.92 Å². The highest BCUT2D eigenvalue weighted by Crippen LogP contribution is 2.11. The van der Waals surface area contributed by atoms with Gasteiger partial charge in [0.1, 0.15) is 6.04 Å². The molecule has 0 aliphatic carbocycles. The minimum absolute atomic E-state index is 0.0341. The molecule has 0 radical (unpaired) electrons. The summed E-state index contributed by atoms with van der Waals surface area (Å²) in [6.45, 7) is 8.55. The Morgan fingerprint density at radius 1 is 1.24 bits per heavy atom. The van der Waals surface area contributed by atoms with Crippen LogP contribution in [-0.4, -0.2) is 36.3 Å². The predicted molar refractivity (Wildman–Crippen MR) is 85.2 cm³/mol. The van der Waals surface area contributed by atoms with Crippen LogP contribution in [-0.2, 0) is 4.79 Å². The Labute approximate surface area is 127 Å². The second-order valence-corrected chi connectivity index (χ2v) is 5.82. The fourth-order valence-electron chi connectivity index (χ4n) is 2.18. The Hall–Kier alpha value is -1.84. The number of carbonyl (C=O) groups excluding carboxylic acids is 2. The number of nitrogens with zero attached hydrogens (tertiary/aromatic N) is 1. The highest BCUT2D eigenvalue weighted by atomic mass is 16.2. The number of benzene rings is 1. The third-order valence-corrected chi connectivity index (χ3v) is 3.55. The standard InChI is InChI=1S/C17H26N2O2/c1-6-19(5)17(21)15(11-12(2)3)18-16(20)14-10-8-7-9-13(14)4/h7-10,12,15H,6,11H2,1-5H3,(H,18,20). The first-order chi connectivity index (χ1) is 9.86. The van der Waals surface area contributed by atoms with Crippen molar-refractivity contribution in [1.29, 1.82) is 0 Å². The maximum absolute atomic E-state index is 12.4. The van der Waals surface area contributed by atoms with Crippen LogP contribution in [0.3, 0.4) is 0 Å². The van der Waals surface area contributed by atoms with Crippen LogP contribution in [0, 0.1) is 12.8 Å². The lowest BCUT2D eigenvalue weighted by atomic mass is 10.0. The topological polar surface area (TPSA) is 49.4 Å². The van der Waals surface area contributed by atoms with Crippen molar-refractivity contribution in [3.05, 3.63) is 35.4 Å². The molecule has 0 saturated heterocycles. The molecule has 0 aliphatic heterocycles. The van der Waals surface area contributed by atoms with Gasteiger partial charge in [0.25, 0.3) is 5.91 Å². The van der Waals surface area contributed by atoms with Crippen LogP contribution in [0.1, 0.15) is 43.1 Å². The number of hydrogen-bond donors (Lipinski definition) is 1. The van der Waals surface area contributed by atoms with Crippen LogP contribution in [0.4, 0.5) is 0 Å². The molecule has 1 atom stereocenters. The maximum Gasteiger partial charge on any atom is 0.252 e. The summed E-state index contributed by atoms with van der Waals surface area (Å²) in [5.74, 6) is 0.117. The van der Waals surface area contributed by atoms with Gasteiger partial charge in [0, 0.05) is 19.2 Å². The molecule has 21 heavy (non-hydrogen) atoms. The summed E-state index contributed by atoms with van der Waals surface area (Å²) < 4.78 is 0. The van der Waals surface area contributed by atoms with Gasteiger partial charge in [0.05, 0.1) is 0 Å². The van der Waals surface area contributed by atoms with Gasteiger partial charge in [-0.3, -0.25) is 9.59 Å². The third kappa shape index (κ3) is 4.88. The Balaban J connectivity index is 2.88. The zero-order chi connectivity index (χ0) is 16.0. The molecule has 0 bridgehead atoms. The summed E-state index contributed by atoms with van der Waals surface area (Å²) in [5.41, 5.74) is 1.53. The molecular weight excluding hydrogens is 264 g/mol. The predicted octanol–water partition coefficient (Wildman–Crippen LogP) is 2.62. The van der Waals surface area contributed by atoms with E-state index < -0.39 is 6.04 Å². The molecule has 0 heterocycles. The summed E-state index contributed by atoms with van der Waals surface area (Å²) in [7, 11) is 1.76. The molecule has 0 fully saturated rings. The minimum atomic E-state index is -0.470. The van der Waals surface area contributed by atoms with Gasteiger partial charge in [-0.1, -0.05) is 32.0 Å². The van der Waals surface area contributed by atoms with Crippen molar-refractivity contribution in [2.45, 2.75) is 40.2 Å². The fourth-order valence-corrected chi connectivity index (χ4v) is 2.18. The molecule has 1 rings (SSSR count). The number of aryl methyl sites for hydroxylation is 1. The first-order valence-corrected chi connectivity index (χ1v) is 7.48. The van der Waals surface area contributed by atoms with Crippen molar-refractivity contribution >= 4 is 11.8 Å². The lowest BCUT2D eigenvalue weighted by molar-refractivity contribution is -0.132. The molecule has 4 nitrogen and oxygen atoms in total. The van der Waals surface area contributed by atoms with Gasteiger partial charge >= 0.3 is 0 Å². The van der Waals surface area contributed by atoms with E-state index in [1.54, 1.807) is 18.0 Å². The molecule has 1 aromatic carbocycles. The van der Waals surface area contributed by atoms with E-state index >= 15 is 0 Å². The summed E-state index contributed by atoms with van der Waals surface area (Å²) in [5, 5.41) is 2.89. The van der Waals surface area contributed by atoms with Crippen molar-refractivity contribution in [3.63, 3.8) is 0 Å². The first kappa shape index (κ1) is 17.2. The van der Waals surface area contributed by atoms with Crippen LogP contribution in [0.5, 0.6) is 0 Å². The smallest absolute Gasteiger partial charge is 0.252 e. The molecule has 0 saturated carbocycles. The molecule has 4 heteroatoms. The fraction of sp³-hybridized carbons (Fsp3) is 0.529. The van der Waals surface area contributed by atoms with E-state index in [4.69, 9.17) is 0 Å². The van der Waals surface area contributed by atoms with Gasteiger partial charge in [0.2, 0.25) is 5.91 Å². The van der Waals surface area contributed by atoms with Gasteiger partial charge in [-0.05, 0) is 37.8 Å². The summed E-state index contributed by atoms with van der Waals surface area (Å²) in [6.07, 6.45) is 0.640. The van der Waals surface area contributed by atoms with Gasteiger partial charge in [0.15, 0.2) is 0 Å². The molecule has 116 valence electrons. The van der Waals surface area contributed by atoms with E-state index in [1.165, 1.54) is 0 Å². The zero-order valence-corrected chi connectivity index (χ0v) is 13.6. The Morgan fingerprint density at radius 2 is 1.86 bits per heavy atom. The van der Waals surface area contributed by atoms with Gasteiger partial charge < -0.3 is 10.2 Å². The molecule has 2 amide bonds. The van der Waals surface area contributed by atoms with Gasteiger partial charge in [-0.25, -0.2) is 0 Å². The third-order valence-electron chi connectivity index (χ3n) is 3.55. The zero-order valence-electron chi connectivity index (χ0n) is 13.6. The maximum atomic E-state index is 12.4. The van der Waals surface area contributed by atoms with E-state index in [0.717, 1.165) is 5.56 Å². The molecular formula is C17H26N2O2. The Morgan fingerprint density at radius 3 is 2.38 bits per heavy atom. The largest absolute Gasteiger partial charge is 0.344 e. The molecule has 1 aromatic rings. The number of carbonyl (C=O) groups is 2. The van der Waals surface area contributed by atoms with Crippen LogP contribution in [0.25, 0.3) is 0 Å². The second-order valence-electron chi connectivity index (χ2n) is 5.82. The van der Waals surface area contributed by atoms with Crippen LogP contribution >= 0.6 is 0 Å². The molecule has 1 unspecified atom stereocenters. The number of hydrogen-bond acceptors (Lipinski definition) is 2. The monoisotopic (exact) mass is 290 g/mol. The highest BCUT2D eigenvalue weighted by Gasteiger charge is 2.25. The normalized spacial score (nSPS) is 12.1. The molecule has 0 aliphatic rings. The number of amides is 2. The average molecular weight is 290 g/mol. The highest BCUT2D eigenvalue weighted by molar-refractivity contribution is 5.98. The van der Waals surface area contributed by atoms with Crippen LogP contribution < -0.4 is 5.32 Å². The van der Waals surface area contributed by atoms with Gasteiger partial charge in [-0.15, -0.1) is 0 Å². The van der Waals surface area contributed by atoms with E-state index in [2.05, 4.69) is 5.32 Å². The first-order valence-electron chi connectivity index (χ1n) is 7.48. The van der Waals surface area contributed by atoms with Crippen molar-refractivity contribution in [1.82, 2.24) is 10.2 Å². The quantitative estimate of drug-likeness (QED) is 0.875. The van der Waals surface area contributed by atoms with E-state index in [9.17, 15) is 9.59 Å². The number of rotatable bonds is 6. The second kappa shape index (κ2) is 7.81. The summed E-state index contributed by atoms with van der Waals surface area (Å²) >= 11 is 0. The molecule has 0 aromatic heterocycles. The van der Waals surface area contributed by atoms with E-state index in [1.807, 2.05) is 45.9 Å². The van der Waals surface area contributed by atoms with Crippen molar-refractivity contribution in [3.8, 4) is 0 Å². The Bertz CT molecular complexity index is 497. The van der Waals surface area contributed by atoms with E-state index in [0.29, 0.717) is 24.4 Å². The number of likely N-dealkylation sites (N-methyl/N-ethyl adjacent to an activating group) is 1. The van der Waals surface area contributed by atoms with Crippen LogP contribution in [0.15, 0.2) is 24.3 Å². The van der Waals surface area contributed by atoms with Gasteiger partial charge in [-0.2, -0.15) is 0 Å². The average Bonchev–Trinajstić information content (AvgIpc) is 2.44. The molecule has 0 spiro atoms. The van der Waals surface area contributed by atoms with Crippen molar-refractivity contribution < 1.29 is 9.59 Å². The minimum Gasteiger partial charge on any atom is -0.344 e. The lowest BCUT2D eigenvalue weighted by Gasteiger charge is -2.25. The lowest BCUT2D eigenvalue weighted by Crippen LogP contribution is -2.48.